The Balaban J connectivity index is 1.89. The van der Waals surface area contributed by atoms with Gasteiger partial charge in [0, 0.05) is 35.7 Å². The minimum absolute atomic E-state index is 0.00808. The molecular weight excluding hydrogens is 322 g/mol. The SMILES string of the molecule is CC(=O)SC1CC(=O)N(c2[nH]ncc2-c2cccc(Cl)c2)C1. The summed E-state index contributed by atoms with van der Waals surface area (Å²) in [5.41, 5.74) is 1.72. The number of amides is 1. The molecule has 0 spiro atoms. The van der Waals surface area contributed by atoms with Gasteiger partial charge in [-0.3, -0.25) is 19.6 Å². The highest BCUT2D eigenvalue weighted by molar-refractivity contribution is 8.14. The van der Waals surface area contributed by atoms with Crippen LogP contribution in [0.4, 0.5) is 5.82 Å². The van der Waals surface area contributed by atoms with E-state index in [1.165, 1.54) is 18.7 Å². The minimum atomic E-state index is -0.0134. The number of rotatable bonds is 3. The van der Waals surface area contributed by atoms with Gasteiger partial charge < -0.3 is 0 Å². The Morgan fingerprint density at radius 3 is 3.05 bits per heavy atom. The number of carbonyl (C=O) groups excluding carboxylic acids is 2. The fourth-order valence-corrected chi connectivity index (χ4v) is 3.67. The average Bonchev–Trinajstić information content (AvgIpc) is 3.04. The Labute approximate surface area is 137 Å². The number of nitrogens with zero attached hydrogens (tertiary/aromatic N) is 2. The molecule has 5 nitrogen and oxygen atoms in total. The van der Waals surface area contributed by atoms with Gasteiger partial charge in [0.1, 0.15) is 5.82 Å². The number of hydrogen-bond acceptors (Lipinski definition) is 4. The summed E-state index contributed by atoms with van der Waals surface area (Å²) in [4.78, 5) is 25.1. The number of carbonyl (C=O) groups is 2. The minimum Gasteiger partial charge on any atom is -0.296 e. The number of halogens is 1. The zero-order valence-corrected chi connectivity index (χ0v) is 13.4. The molecule has 22 heavy (non-hydrogen) atoms. The molecule has 7 heteroatoms. The van der Waals surface area contributed by atoms with Crippen molar-refractivity contribution in [3.05, 3.63) is 35.5 Å². The number of anilines is 1. The van der Waals surface area contributed by atoms with Crippen molar-refractivity contribution in [2.24, 2.45) is 0 Å². The van der Waals surface area contributed by atoms with Crippen molar-refractivity contribution >= 4 is 40.2 Å². The smallest absolute Gasteiger partial charge is 0.229 e. The topological polar surface area (TPSA) is 66.1 Å². The molecule has 1 aromatic carbocycles. The predicted octanol–water partition coefficient (Wildman–Crippen LogP) is 3.12. The average molecular weight is 336 g/mol. The Morgan fingerprint density at radius 2 is 2.32 bits per heavy atom. The fraction of sp³-hybridized carbons (Fsp3) is 0.267. The highest BCUT2D eigenvalue weighted by atomic mass is 35.5. The zero-order chi connectivity index (χ0) is 15.7. The first kappa shape index (κ1) is 15.1. The highest BCUT2D eigenvalue weighted by Gasteiger charge is 2.34. The van der Waals surface area contributed by atoms with Crippen LogP contribution >= 0.6 is 23.4 Å². The lowest BCUT2D eigenvalue weighted by atomic mass is 10.1. The van der Waals surface area contributed by atoms with Gasteiger partial charge >= 0.3 is 0 Å². The zero-order valence-electron chi connectivity index (χ0n) is 11.9. The Hall–Kier alpha value is -1.79. The van der Waals surface area contributed by atoms with Crippen LogP contribution in [-0.4, -0.2) is 33.0 Å². The molecule has 1 atom stereocenters. The molecule has 0 bridgehead atoms. The van der Waals surface area contributed by atoms with Gasteiger partial charge in [0.2, 0.25) is 5.91 Å². The van der Waals surface area contributed by atoms with Crippen molar-refractivity contribution < 1.29 is 9.59 Å². The van der Waals surface area contributed by atoms with Crippen LogP contribution < -0.4 is 4.90 Å². The summed E-state index contributed by atoms with van der Waals surface area (Å²) in [6.45, 7) is 2.02. The summed E-state index contributed by atoms with van der Waals surface area (Å²) in [6.07, 6.45) is 2.04. The molecule has 0 aliphatic carbocycles. The van der Waals surface area contributed by atoms with Crippen LogP contribution in [0.2, 0.25) is 5.02 Å². The standard InChI is InChI=1S/C15H14ClN3O2S/c1-9(20)22-12-6-14(21)19(8-12)15-13(7-17-18-15)10-3-2-4-11(16)5-10/h2-5,7,12H,6,8H2,1H3,(H,17,18). The van der Waals surface area contributed by atoms with E-state index in [4.69, 9.17) is 11.6 Å². The van der Waals surface area contributed by atoms with Crippen LogP contribution in [0, 0.1) is 0 Å². The van der Waals surface area contributed by atoms with Crippen LogP contribution in [-0.2, 0) is 9.59 Å². The van der Waals surface area contributed by atoms with Crippen molar-refractivity contribution in [2.75, 3.05) is 11.4 Å². The van der Waals surface area contributed by atoms with Gasteiger partial charge in [-0.15, -0.1) is 0 Å². The summed E-state index contributed by atoms with van der Waals surface area (Å²) < 4.78 is 0. The second kappa shape index (κ2) is 6.14. The van der Waals surface area contributed by atoms with Crippen LogP contribution in [0.5, 0.6) is 0 Å². The normalized spacial score (nSPS) is 18.0. The van der Waals surface area contributed by atoms with E-state index in [0.29, 0.717) is 23.8 Å². The van der Waals surface area contributed by atoms with Gasteiger partial charge in [-0.25, -0.2) is 0 Å². The van der Waals surface area contributed by atoms with Gasteiger partial charge in [-0.05, 0) is 17.7 Å². The third kappa shape index (κ3) is 3.03. The second-order valence-corrected chi connectivity index (χ2v) is 7.00. The number of hydrogen-bond donors (Lipinski definition) is 1. The molecule has 1 N–H and O–H groups in total. The van der Waals surface area contributed by atoms with Crippen molar-refractivity contribution in [3.8, 4) is 11.1 Å². The van der Waals surface area contributed by atoms with E-state index in [1.54, 1.807) is 17.2 Å². The quantitative estimate of drug-likeness (QED) is 0.936. The van der Waals surface area contributed by atoms with Gasteiger partial charge in [0.05, 0.1) is 6.20 Å². The molecule has 0 saturated carbocycles. The van der Waals surface area contributed by atoms with E-state index >= 15 is 0 Å². The summed E-state index contributed by atoms with van der Waals surface area (Å²) in [7, 11) is 0. The van der Waals surface area contributed by atoms with Crippen molar-refractivity contribution in [3.63, 3.8) is 0 Å². The first-order valence-electron chi connectivity index (χ1n) is 6.81. The lowest BCUT2D eigenvalue weighted by molar-refractivity contribution is -0.117. The number of nitrogens with one attached hydrogen (secondary N) is 1. The fourth-order valence-electron chi connectivity index (χ4n) is 2.56. The van der Waals surface area contributed by atoms with Crippen molar-refractivity contribution in [1.82, 2.24) is 10.2 Å². The van der Waals surface area contributed by atoms with Gasteiger partial charge in [0.15, 0.2) is 5.12 Å². The third-order valence-electron chi connectivity index (χ3n) is 3.45. The Kier molecular flexibility index (Phi) is 4.22. The van der Waals surface area contributed by atoms with E-state index < -0.39 is 0 Å². The van der Waals surface area contributed by atoms with Crippen LogP contribution in [0.25, 0.3) is 11.1 Å². The number of aromatic nitrogens is 2. The summed E-state index contributed by atoms with van der Waals surface area (Å²) in [5.74, 6) is 0.644. The molecule has 1 unspecified atom stereocenters. The number of thioether (sulfide) groups is 1. The largest absolute Gasteiger partial charge is 0.296 e. The van der Waals surface area contributed by atoms with Crippen LogP contribution in [0.3, 0.4) is 0 Å². The molecule has 1 saturated heterocycles. The Bertz CT molecular complexity index is 731. The van der Waals surface area contributed by atoms with Crippen LogP contribution in [0.1, 0.15) is 13.3 Å². The molecule has 1 amide bonds. The van der Waals surface area contributed by atoms with E-state index in [0.717, 1.165) is 11.1 Å². The van der Waals surface area contributed by atoms with E-state index in [-0.39, 0.29) is 16.3 Å². The lowest BCUT2D eigenvalue weighted by Crippen LogP contribution is -2.25. The maximum atomic E-state index is 12.2. The highest BCUT2D eigenvalue weighted by Crippen LogP contribution is 2.34. The number of H-pyrrole nitrogens is 1. The molecule has 114 valence electrons. The number of benzene rings is 1. The van der Waals surface area contributed by atoms with Crippen molar-refractivity contribution in [2.45, 2.75) is 18.6 Å². The summed E-state index contributed by atoms with van der Waals surface area (Å²) in [5, 5.41) is 7.59. The van der Waals surface area contributed by atoms with Gasteiger partial charge in [-0.1, -0.05) is 35.5 Å². The molecule has 0 radical (unpaired) electrons. The van der Waals surface area contributed by atoms with E-state index in [9.17, 15) is 9.59 Å². The molecule has 3 rings (SSSR count). The first-order chi connectivity index (χ1) is 10.5. The summed E-state index contributed by atoms with van der Waals surface area (Å²) in [6, 6.07) is 7.40. The maximum Gasteiger partial charge on any atom is 0.229 e. The molecule has 1 aliphatic rings. The van der Waals surface area contributed by atoms with E-state index in [1.807, 2.05) is 18.2 Å². The molecule has 2 aromatic rings. The predicted molar refractivity (Wildman–Crippen MR) is 88.1 cm³/mol. The maximum absolute atomic E-state index is 12.2. The second-order valence-electron chi connectivity index (χ2n) is 5.08. The third-order valence-corrected chi connectivity index (χ3v) is 4.66. The monoisotopic (exact) mass is 335 g/mol. The molecule has 2 heterocycles. The Morgan fingerprint density at radius 1 is 1.50 bits per heavy atom. The lowest BCUT2D eigenvalue weighted by Gasteiger charge is -2.16. The molecular formula is C15H14ClN3O2S. The molecule has 1 aromatic heterocycles. The van der Waals surface area contributed by atoms with Crippen LogP contribution in [0.15, 0.2) is 30.5 Å². The van der Waals surface area contributed by atoms with Gasteiger partial charge in [0.25, 0.3) is 0 Å². The summed E-state index contributed by atoms with van der Waals surface area (Å²) >= 11 is 7.25. The van der Waals surface area contributed by atoms with Crippen molar-refractivity contribution in [1.29, 1.82) is 0 Å². The first-order valence-corrected chi connectivity index (χ1v) is 8.07. The van der Waals surface area contributed by atoms with E-state index in [2.05, 4.69) is 10.2 Å². The number of aromatic amines is 1. The molecule has 1 fully saturated rings. The van der Waals surface area contributed by atoms with Gasteiger partial charge in [-0.2, -0.15) is 5.10 Å². The molecule has 1 aliphatic heterocycles.